The quantitative estimate of drug-likeness (QED) is 0.781. The molecule has 0 spiro atoms. The molecule has 2 aromatic carbocycles. The Hall–Kier alpha value is -2.73. The Morgan fingerprint density at radius 2 is 1.79 bits per heavy atom. The van der Waals surface area contributed by atoms with E-state index in [4.69, 9.17) is 9.47 Å². The fourth-order valence-electron chi connectivity index (χ4n) is 3.55. The lowest BCUT2D eigenvalue weighted by Crippen LogP contribution is -2.56. The van der Waals surface area contributed by atoms with Crippen LogP contribution < -0.4 is 14.6 Å². The molecule has 28 heavy (non-hydrogen) atoms. The number of aryl methyl sites for hydroxylation is 2. The van der Waals surface area contributed by atoms with Crippen molar-refractivity contribution in [3.8, 4) is 5.75 Å². The summed E-state index contributed by atoms with van der Waals surface area (Å²) >= 11 is 0. The van der Waals surface area contributed by atoms with Gasteiger partial charge in [0, 0.05) is 31.9 Å². The highest BCUT2D eigenvalue weighted by atomic mass is 16.6. The van der Waals surface area contributed by atoms with E-state index in [-0.39, 0.29) is 6.09 Å². The molecule has 0 aromatic heterocycles. The maximum atomic E-state index is 12.8. The molecule has 1 aliphatic rings. The lowest BCUT2D eigenvalue weighted by atomic mass is 10.1. The fourth-order valence-corrected chi connectivity index (χ4v) is 3.55. The third kappa shape index (κ3) is 4.22. The van der Waals surface area contributed by atoms with Crippen molar-refractivity contribution in [1.82, 2.24) is 5.01 Å². The normalized spacial score (nSPS) is 14.6. The number of rotatable bonds is 5. The van der Waals surface area contributed by atoms with E-state index in [0.717, 1.165) is 13.1 Å². The first-order chi connectivity index (χ1) is 13.5. The maximum Gasteiger partial charge on any atom is 0.429 e. The number of hydrogen-bond acceptors (Lipinski definition) is 5. The monoisotopic (exact) mass is 383 g/mol. The van der Waals surface area contributed by atoms with Crippen molar-refractivity contribution in [3.05, 3.63) is 53.6 Å². The minimum absolute atomic E-state index is 0.326. The minimum atomic E-state index is -0.382. The van der Waals surface area contributed by atoms with Crippen LogP contribution in [0.2, 0.25) is 0 Å². The molecule has 1 saturated heterocycles. The van der Waals surface area contributed by atoms with Crippen molar-refractivity contribution >= 4 is 17.5 Å². The van der Waals surface area contributed by atoms with Gasteiger partial charge in [0.25, 0.3) is 0 Å². The maximum absolute atomic E-state index is 12.8. The topological polar surface area (TPSA) is 45.2 Å². The highest BCUT2D eigenvalue weighted by molar-refractivity contribution is 5.88. The fraction of sp³-hybridized carbons (Fsp3) is 0.409. The van der Waals surface area contributed by atoms with Crippen LogP contribution in [0.3, 0.4) is 0 Å². The molecule has 0 bridgehead atoms. The summed E-state index contributed by atoms with van der Waals surface area (Å²) < 4.78 is 10.8. The van der Waals surface area contributed by atoms with Gasteiger partial charge in [-0.15, -0.1) is 0 Å². The van der Waals surface area contributed by atoms with Gasteiger partial charge < -0.3 is 14.4 Å². The molecule has 0 saturated carbocycles. The van der Waals surface area contributed by atoms with Crippen molar-refractivity contribution < 1.29 is 14.3 Å². The standard InChI is InChI=1S/C22H29N3O3/c1-5-28-22(26)25(19-8-6-7-9-21(19)27-4)24-14-12-23(13-15-24)20-16-17(2)10-11-18(20)3/h6-11,16H,5,12-15H2,1-4H3. The molecule has 6 nitrogen and oxygen atoms in total. The Morgan fingerprint density at radius 1 is 1.07 bits per heavy atom. The van der Waals surface area contributed by atoms with Gasteiger partial charge >= 0.3 is 6.09 Å². The van der Waals surface area contributed by atoms with E-state index in [2.05, 4.69) is 36.9 Å². The molecule has 0 unspecified atom stereocenters. The highest BCUT2D eigenvalue weighted by Crippen LogP contribution is 2.31. The Balaban J connectivity index is 1.81. The zero-order valence-corrected chi connectivity index (χ0v) is 17.1. The van der Waals surface area contributed by atoms with Crippen LogP contribution in [0, 0.1) is 13.8 Å². The van der Waals surface area contributed by atoms with Crippen LogP contribution in [0.4, 0.5) is 16.2 Å². The molecule has 3 rings (SSSR count). The highest BCUT2D eigenvalue weighted by Gasteiger charge is 2.30. The van der Waals surface area contributed by atoms with E-state index < -0.39 is 0 Å². The van der Waals surface area contributed by atoms with Gasteiger partial charge in [-0.3, -0.25) is 0 Å². The number of amides is 1. The summed E-state index contributed by atoms with van der Waals surface area (Å²) in [4.78, 5) is 15.1. The molecular weight excluding hydrogens is 354 g/mol. The summed E-state index contributed by atoms with van der Waals surface area (Å²) in [6, 6.07) is 14.1. The largest absolute Gasteiger partial charge is 0.495 e. The van der Waals surface area contributed by atoms with E-state index in [1.54, 1.807) is 12.1 Å². The molecular formula is C22H29N3O3. The number of nitrogens with zero attached hydrogens (tertiary/aromatic N) is 3. The number of carbonyl (C=O) groups excluding carboxylic acids is 1. The van der Waals surface area contributed by atoms with Crippen LogP contribution in [0.15, 0.2) is 42.5 Å². The number of benzene rings is 2. The first-order valence-corrected chi connectivity index (χ1v) is 9.72. The van der Waals surface area contributed by atoms with E-state index in [1.807, 2.05) is 36.2 Å². The molecule has 1 amide bonds. The van der Waals surface area contributed by atoms with Gasteiger partial charge in [0.1, 0.15) is 11.4 Å². The van der Waals surface area contributed by atoms with Gasteiger partial charge in [-0.05, 0) is 50.1 Å². The summed E-state index contributed by atoms with van der Waals surface area (Å²) in [7, 11) is 1.61. The molecule has 1 aliphatic heterocycles. The van der Waals surface area contributed by atoms with E-state index >= 15 is 0 Å². The summed E-state index contributed by atoms with van der Waals surface area (Å²) in [5, 5.41) is 3.65. The first-order valence-electron chi connectivity index (χ1n) is 9.72. The summed E-state index contributed by atoms with van der Waals surface area (Å²) in [5.41, 5.74) is 4.49. The van der Waals surface area contributed by atoms with Crippen LogP contribution in [0.5, 0.6) is 5.75 Å². The van der Waals surface area contributed by atoms with Crippen LogP contribution in [-0.2, 0) is 4.74 Å². The number of hydrazine groups is 1. The van der Waals surface area contributed by atoms with Gasteiger partial charge in [-0.1, -0.05) is 24.3 Å². The van der Waals surface area contributed by atoms with Crippen LogP contribution in [0.1, 0.15) is 18.1 Å². The number of para-hydroxylation sites is 2. The van der Waals surface area contributed by atoms with Gasteiger partial charge in [0.05, 0.1) is 13.7 Å². The third-order valence-electron chi connectivity index (χ3n) is 5.00. The second-order valence-electron chi connectivity index (χ2n) is 6.91. The summed E-state index contributed by atoms with van der Waals surface area (Å²) in [6.45, 7) is 9.48. The SMILES string of the molecule is CCOC(=O)N(c1ccccc1OC)N1CCN(c2cc(C)ccc2C)CC1. The molecule has 1 heterocycles. The van der Waals surface area contributed by atoms with E-state index in [1.165, 1.54) is 16.8 Å². The minimum Gasteiger partial charge on any atom is -0.495 e. The smallest absolute Gasteiger partial charge is 0.429 e. The Morgan fingerprint density at radius 3 is 2.46 bits per heavy atom. The molecule has 0 atom stereocenters. The molecule has 0 N–H and O–H groups in total. The van der Waals surface area contributed by atoms with Crippen LogP contribution in [-0.4, -0.2) is 51.0 Å². The zero-order chi connectivity index (χ0) is 20.1. The molecule has 0 radical (unpaired) electrons. The number of anilines is 2. The first kappa shape index (κ1) is 20.0. The van der Waals surface area contributed by atoms with Crippen molar-refractivity contribution in [2.24, 2.45) is 0 Å². The van der Waals surface area contributed by atoms with Crippen LogP contribution >= 0.6 is 0 Å². The predicted molar refractivity (Wildman–Crippen MR) is 112 cm³/mol. The number of methoxy groups -OCH3 is 1. The van der Waals surface area contributed by atoms with Crippen molar-refractivity contribution in [3.63, 3.8) is 0 Å². The zero-order valence-electron chi connectivity index (χ0n) is 17.1. The Bertz CT molecular complexity index is 816. The number of hydrogen-bond donors (Lipinski definition) is 0. The molecule has 2 aromatic rings. The van der Waals surface area contributed by atoms with Gasteiger partial charge in [0.15, 0.2) is 0 Å². The van der Waals surface area contributed by atoms with E-state index in [9.17, 15) is 4.79 Å². The third-order valence-corrected chi connectivity index (χ3v) is 5.00. The lowest BCUT2D eigenvalue weighted by Gasteiger charge is -2.41. The molecule has 6 heteroatoms. The molecule has 0 aliphatic carbocycles. The second-order valence-corrected chi connectivity index (χ2v) is 6.91. The van der Waals surface area contributed by atoms with Crippen molar-refractivity contribution in [2.75, 3.05) is 49.8 Å². The average molecular weight is 383 g/mol. The van der Waals surface area contributed by atoms with Crippen molar-refractivity contribution in [2.45, 2.75) is 20.8 Å². The predicted octanol–water partition coefficient (Wildman–Crippen LogP) is 4.01. The van der Waals surface area contributed by atoms with Crippen LogP contribution in [0.25, 0.3) is 0 Å². The lowest BCUT2D eigenvalue weighted by molar-refractivity contribution is 0.130. The number of piperazine rings is 1. The van der Waals surface area contributed by atoms with Gasteiger partial charge in [-0.25, -0.2) is 14.8 Å². The van der Waals surface area contributed by atoms with Gasteiger partial charge in [-0.2, -0.15) is 0 Å². The number of carbonyl (C=O) groups is 1. The summed E-state index contributed by atoms with van der Waals surface area (Å²) in [6.07, 6.45) is -0.382. The number of ether oxygens (including phenoxy) is 2. The average Bonchev–Trinajstić information content (AvgIpc) is 2.71. The van der Waals surface area contributed by atoms with Crippen molar-refractivity contribution in [1.29, 1.82) is 0 Å². The molecule has 1 fully saturated rings. The van der Waals surface area contributed by atoms with E-state index in [0.29, 0.717) is 31.1 Å². The molecule has 150 valence electrons. The Labute approximate surface area is 167 Å². The Kier molecular flexibility index (Phi) is 6.41. The van der Waals surface area contributed by atoms with Gasteiger partial charge in [0.2, 0.25) is 0 Å². The summed E-state index contributed by atoms with van der Waals surface area (Å²) in [5.74, 6) is 0.646. The second kappa shape index (κ2) is 8.97.